The number of aryl methyl sites for hydroxylation is 1. The zero-order valence-corrected chi connectivity index (χ0v) is 14.6. The van der Waals surface area contributed by atoms with Crippen molar-refractivity contribution in [1.82, 2.24) is 4.98 Å². The Kier molecular flexibility index (Phi) is 6.61. The summed E-state index contributed by atoms with van der Waals surface area (Å²) in [5.74, 6) is -0.0844. The van der Waals surface area contributed by atoms with Crippen molar-refractivity contribution in [2.24, 2.45) is 0 Å². The molecular weight excluding hydrogens is 332 g/mol. The summed E-state index contributed by atoms with van der Waals surface area (Å²) in [5, 5.41) is 4.70. The number of amides is 1. The fourth-order valence-corrected chi connectivity index (χ4v) is 3.47. The van der Waals surface area contributed by atoms with Gasteiger partial charge in [0.25, 0.3) is 0 Å². The molecule has 1 amide bonds. The second kappa shape index (κ2) is 8.69. The van der Waals surface area contributed by atoms with Gasteiger partial charge in [0, 0.05) is 11.1 Å². The summed E-state index contributed by atoms with van der Waals surface area (Å²) < 4.78 is 5.65. The number of para-hydroxylation sites is 1. The topological polar surface area (TPSA) is 68.3 Å². The molecule has 122 valence electrons. The van der Waals surface area contributed by atoms with Crippen LogP contribution in [0.1, 0.15) is 18.2 Å². The fourth-order valence-electron chi connectivity index (χ4n) is 1.82. The minimum absolute atomic E-state index is 0.0774. The van der Waals surface area contributed by atoms with E-state index in [0.29, 0.717) is 12.3 Å². The average Bonchev–Trinajstić information content (AvgIpc) is 2.95. The van der Waals surface area contributed by atoms with Crippen molar-refractivity contribution in [2.45, 2.75) is 24.6 Å². The number of hydrogen-bond donors (Lipinski definition) is 1. The predicted molar refractivity (Wildman–Crippen MR) is 93.0 cm³/mol. The van der Waals surface area contributed by atoms with Crippen molar-refractivity contribution in [3.63, 3.8) is 0 Å². The van der Waals surface area contributed by atoms with Gasteiger partial charge in [-0.15, -0.1) is 11.3 Å². The monoisotopic (exact) mass is 350 g/mol. The number of aromatic nitrogens is 1. The lowest BCUT2D eigenvalue weighted by Crippen LogP contribution is -2.14. The number of hydrogen-bond acceptors (Lipinski definition) is 6. The van der Waals surface area contributed by atoms with Gasteiger partial charge in [-0.25, -0.2) is 4.98 Å². The lowest BCUT2D eigenvalue weighted by molar-refractivity contribution is -0.142. The number of esters is 1. The first-order chi connectivity index (χ1) is 11.1. The molecule has 5 nitrogen and oxygen atoms in total. The maximum atomic E-state index is 12.0. The van der Waals surface area contributed by atoms with E-state index in [1.165, 1.54) is 23.1 Å². The van der Waals surface area contributed by atoms with Crippen LogP contribution in [-0.4, -0.2) is 29.2 Å². The van der Waals surface area contributed by atoms with Gasteiger partial charge in [0.2, 0.25) is 5.91 Å². The molecule has 1 heterocycles. The Morgan fingerprint density at radius 2 is 2.13 bits per heavy atom. The van der Waals surface area contributed by atoms with Gasteiger partial charge < -0.3 is 10.1 Å². The second-order valence-corrected chi connectivity index (χ2v) is 6.82. The number of benzene rings is 1. The molecule has 0 spiro atoms. The van der Waals surface area contributed by atoms with E-state index in [4.69, 9.17) is 4.74 Å². The molecule has 0 aliphatic carbocycles. The molecule has 2 rings (SSSR count). The van der Waals surface area contributed by atoms with Crippen LogP contribution in [0.5, 0.6) is 0 Å². The second-order valence-electron chi connectivity index (χ2n) is 4.74. The van der Waals surface area contributed by atoms with E-state index in [1.54, 1.807) is 6.92 Å². The number of nitrogens with one attached hydrogen (secondary N) is 1. The molecule has 0 aliphatic rings. The standard InChI is InChI=1S/C16H18N2O3S2/c1-3-21-15(20)8-12-9-22-16(17-12)23-10-14(19)18-13-7-5-4-6-11(13)2/h4-7,9H,3,8,10H2,1-2H3,(H,18,19). The van der Waals surface area contributed by atoms with E-state index in [-0.39, 0.29) is 24.1 Å². The van der Waals surface area contributed by atoms with Crippen molar-refractivity contribution >= 4 is 40.7 Å². The SMILES string of the molecule is CCOC(=O)Cc1csc(SCC(=O)Nc2ccccc2C)n1. The largest absolute Gasteiger partial charge is 0.466 e. The van der Waals surface area contributed by atoms with Gasteiger partial charge in [-0.05, 0) is 25.5 Å². The first-order valence-electron chi connectivity index (χ1n) is 7.16. The molecule has 1 aromatic carbocycles. The zero-order valence-electron chi connectivity index (χ0n) is 13.0. The third-order valence-electron chi connectivity index (χ3n) is 2.91. The number of thioether (sulfide) groups is 1. The van der Waals surface area contributed by atoms with Crippen LogP contribution in [0.4, 0.5) is 5.69 Å². The normalized spacial score (nSPS) is 10.3. The van der Waals surface area contributed by atoms with Crippen LogP contribution in [0.25, 0.3) is 0 Å². The number of carbonyl (C=O) groups excluding carboxylic acids is 2. The third kappa shape index (κ3) is 5.69. The summed E-state index contributed by atoms with van der Waals surface area (Å²) in [6.45, 7) is 4.09. The van der Waals surface area contributed by atoms with Crippen molar-refractivity contribution < 1.29 is 14.3 Å². The van der Waals surface area contributed by atoms with Crippen LogP contribution >= 0.6 is 23.1 Å². The van der Waals surface area contributed by atoms with Crippen LogP contribution < -0.4 is 5.32 Å². The number of rotatable bonds is 7. The first-order valence-corrected chi connectivity index (χ1v) is 9.03. The van der Waals surface area contributed by atoms with Crippen molar-refractivity contribution in [3.8, 4) is 0 Å². The van der Waals surface area contributed by atoms with E-state index in [9.17, 15) is 9.59 Å². The summed E-state index contributed by atoms with van der Waals surface area (Å²) in [7, 11) is 0. The molecule has 7 heteroatoms. The van der Waals surface area contributed by atoms with Crippen molar-refractivity contribution in [3.05, 3.63) is 40.9 Å². The van der Waals surface area contributed by atoms with E-state index in [0.717, 1.165) is 15.6 Å². The minimum atomic E-state index is -0.286. The third-order valence-corrected chi connectivity index (χ3v) is 4.98. The highest BCUT2D eigenvalue weighted by Crippen LogP contribution is 2.23. The van der Waals surface area contributed by atoms with Crippen molar-refractivity contribution in [1.29, 1.82) is 0 Å². The predicted octanol–water partition coefficient (Wildman–Crippen LogP) is 3.29. The van der Waals surface area contributed by atoms with Gasteiger partial charge in [-0.2, -0.15) is 0 Å². The molecule has 0 aliphatic heterocycles. The molecule has 23 heavy (non-hydrogen) atoms. The van der Waals surface area contributed by atoms with Gasteiger partial charge in [-0.1, -0.05) is 30.0 Å². The molecule has 1 N–H and O–H groups in total. The average molecular weight is 350 g/mol. The van der Waals surface area contributed by atoms with Crippen LogP contribution in [-0.2, 0) is 20.7 Å². The molecule has 2 aromatic rings. The summed E-state index contributed by atoms with van der Waals surface area (Å²) in [5.41, 5.74) is 2.52. The quantitative estimate of drug-likeness (QED) is 0.613. The Bertz CT molecular complexity index is 685. The smallest absolute Gasteiger partial charge is 0.311 e. The summed E-state index contributed by atoms with van der Waals surface area (Å²) in [6, 6.07) is 7.64. The highest BCUT2D eigenvalue weighted by molar-refractivity contribution is 8.01. The van der Waals surface area contributed by atoms with Gasteiger partial charge in [-0.3, -0.25) is 9.59 Å². The van der Waals surface area contributed by atoms with E-state index < -0.39 is 0 Å². The van der Waals surface area contributed by atoms with Crippen LogP contribution in [0, 0.1) is 6.92 Å². The number of carbonyl (C=O) groups is 2. The zero-order chi connectivity index (χ0) is 16.7. The van der Waals surface area contributed by atoms with Crippen LogP contribution in [0.3, 0.4) is 0 Å². The Morgan fingerprint density at radius 3 is 2.87 bits per heavy atom. The lowest BCUT2D eigenvalue weighted by Gasteiger charge is -2.06. The summed E-state index contributed by atoms with van der Waals surface area (Å²) in [6.07, 6.45) is 0.167. The molecule has 0 saturated heterocycles. The highest BCUT2D eigenvalue weighted by Gasteiger charge is 2.11. The van der Waals surface area contributed by atoms with E-state index in [1.807, 2.05) is 36.6 Å². The molecule has 0 atom stereocenters. The van der Waals surface area contributed by atoms with Gasteiger partial charge in [0.1, 0.15) is 0 Å². The summed E-state index contributed by atoms with van der Waals surface area (Å²) >= 11 is 2.78. The number of thiazole rings is 1. The van der Waals surface area contributed by atoms with Gasteiger partial charge in [0.05, 0.1) is 24.5 Å². The number of ether oxygens (including phenoxy) is 1. The van der Waals surface area contributed by atoms with Crippen molar-refractivity contribution in [2.75, 3.05) is 17.7 Å². The molecule has 0 fully saturated rings. The molecule has 0 radical (unpaired) electrons. The highest BCUT2D eigenvalue weighted by atomic mass is 32.2. The molecule has 0 saturated carbocycles. The Balaban J connectivity index is 1.82. The maximum absolute atomic E-state index is 12.0. The summed E-state index contributed by atoms with van der Waals surface area (Å²) in [4.78, 5) is 27.7. The van der Waals surface area contributed by atoms with Crippen LogP contribution in [0.15, 0.2) is 34.0 Å². The number of anilines is 1. The maximum Gasteiger partial charge on any atom is 0.311 e. The Hall–Kier alpha value is -1.86. The molecular formula is C16H18N2O3S2. The molecule has 0 unspecified atom stereocenters. The molecule has 0 bridgehead atoms. The Morgan fingerprint density at radius 1 is 1.35 bits per heavy atom. The van der Waals surface area contributed by atoms with Gasteiger partial charge in [0.15, 0.2) is 4.34 Å². The first kappa shape index (κ1) is 17.5. The minimum Gasteiger partial charge on any atom is -0.466 e. The van der Waals surface area contributed by atoms with E-state index >= 15 is 0 Å². The van der Waals surface area contributed by atoms with Crippen LogP contribution in [0.2, 0.25) is 0 Å². The lowest BCUT2D eigenvalue weighted by atomic mass is 10.2. The fraction of sp³-hybridized carbons (Fsp3) is 0.312. The molecule has 1 aromatic heterocycles. The Labute approximate surface area is 143 Å². The number of nitrogens with zero attached hydrogens (tertiary/aromatic N) is 1. The van der Waals surface area contributed by atoms with Gasteiger partial charge >= 0.3 is 5.97 Å². The van der Waals surface area contributed by atoms with E-state index in [2.05, 4.69) is 10.3 Å².